The molecule has 0 bridgehead atoms. The van der Waals surface area contributed by atoms with Crippen molar-refractivity contribution in [3.8, 4) is 6.07 Å². The van der Waals surface area contributed by atoms with Gasteiger partial charge in [0.15, 0.2) is 9.84 Å². The van der Waals surface area contributed by atoms with E-state index >= 15 is 0 Å². The second kappa shape index (κ2) is 14.3. The maximum atomic E-state index is 13.2. The number of alkyl halides is 3. The van der Waals surface area contributed by atoms with E-state index in [1.165, 1.54) is 12.1 Å². The van der Waals surface area contributed by atoms with Crippen LogP contribution in [0.5, 0.6) is 0 Å². The number of carbonyl (C=O) groups is 1. The van der Waals surface area contributed by atoms with Gasteiger partial charge in [-0.25, -0.2) is 8.42 Å². The minimum atomic E-state index is -4.38. The lowest BCUT2D eigenvalue weighted by molar-refractivity contribution is -0.137. The molecule has 0 aliphatic carbocycles. The summed E-state index contributed by atoms with van der Waals surface area (Å²) in [5.74, 6) is -0.377. The van der Waals surface area contributed by atoms with Gasteiger partial charge in [-0.05, 0) is 79.4 Å². The second-order valence-corrected chi connectivity index (χ2v) is 13.0. The summed E-state index contributed by atoms with van der Waals surface area (Å²) in [4.78, 5) is 15.5. The number of anilines is 1. The average molecular weight is 628 g/mol. The molecular weight excluding hydrogens is 591 g/mol. The average Bonchev–Trinajstić information content (AvgIpc) is 3.03. The molecule has 1 amide bonds. The van der Waals surface area contributed by atoms with E-state index in [4.69, 9.17) is 4.74 Å². The number of hydrogen-bond acceptors (Lipinski definition) is 6. The Morgan fingerprint density at radius 2 is 1.68 bits per heavy atom. The smallest absolute Gasteiger partial charge is 0.380 e. The number of carbonyl (C=O) groups excluding carboxylic acids is 1. The zero-order valence-electron chi connectivity index (χ0n) is 24.7. The highest BCUT2D eigenvalue weighted by molar-refractivity contribution is 7.91. The van der Waals surface area contributed by atoms with Crippen molar-refractivity contribution in [3.63, 3.8) is 0 Å². The first-order valence-corrected chi connectivity index (χ1v) is 16.2. The molecule has 0 spiro atoms. The Labute approximate surface area is 256 Å². The van der Waals surface area contributed by atoms with Crippen LogP contribution >= 0.6 is 0 Å². The normalized spacial score (nSPS) is 18.0. The second-order valence-electron chi connectivity index (χ2n) is 10.8. The van der Waals surface area contributed by atoms with Crippen LogP contribution in [0, 0.1) is 11.3 Å². The Kier molecular flexibility index (Phi) is 10.7. The number of hydrogen-bond donors (Lipinski definition) is 1. The number of amides is 1. The predicted molar refractivity (Wildman–Crippen MR) is 162 cm³/mol. The highest BCUT2D eigenvalue weighted by Crippen LogP contribution is 2.36. The van der Waals surface area contributed by atoms with Crippen LogP contribution < -0.4 is 10.2 Å². The summed E-state index contributed by atoms with van der Waals surface area (Å²) in [6.45, 7) is 5.14. The Balaban J connectivity index is 1.50. The van der Waals surface area contributed by atoms with Crippen molar-refractivity contribution in [2.24, 2.45) is 0 Å². The zero-order chi connectivity index (χ0) is 31.9. The summed E-state index contributed by atoms with van der Waals surface area (Å²) in [5.41, 5.74) is 2.05. The summed E-state index contributed by atoms with van der Waals surface area (Å²) in [7, 11) is -3.37. The molecule has 0 saturated carbocycles. The van der Waals surface area contributed by atoms with E-state index in [0.29, 0.717) is 30.9 Å². The SMILES string of the molecule is CCOC[C@@H]1CC[C@H](c2ccc(C(F)(F)F)cc2)CN1c1ccc(C(=O)N[C@H](CC#N)c2ccc(S(=O)(=O)CC)cc2)cc1. The number of sulfone groups is 1. The lowest BCUT2D eigenvalue weighted by atomic mass is 9.86. The van der Waals surface area contributed by atoms with Gasteiger partial charge in [-0.1, -0.05) is 31.2 Å². The van der Waals surface area contributed by atoms with Gasteiger partial charge in [0.2, 0.25) is 0 Å². The molecule has 3 aromatic carbocycles. The van der Waals surface area contributed by atoms with Crippen molar-refractivity contribution < 1.29 is 31.1 Å². The molecule has 234 valence electrons. The van der Waals surface area contributed by atoms with Gasteiger partial charge in [-0.15, -0.1) is 0 Å². The van der Waals surface area contributed by atoms with E-state index in [0.717, 1.165) is 36.2 Å². The Bertz CT molecular complexity index is 1550. The van der Waals surface area contributed by atoms with Crippen LogP contribution in [-0.4, -0.2) is 45.9 Å². The highest BCUT2D eigenvalue weighted by atomic mass is 32.2. The molecule has 1 N–H and O–H groups in total. The third-order valence-corrected chi connectivity index (χ3v) is 9.76. The third-order valence-electron chi connectivity index (χ3n) is 8.01. The van der Waals surface area contributed by atoms with Crippen molar-refractivity contribution in [2.45, 2.75) is 62.2 Å². The lowest BCUT2D eigenvalue weighted by Gasteiger charge is -2.41. The van der Waals surface area contributed by atoms with Gasteiger partial charge in [-0.3, -0.25) is 4.79 Å². The summed E-state index contributed by atoms with van der Waals surface area (Å²) in [6, 6.07) is 20.1. The molecule has 0 radical (unpaired) electrons. The van der Waals surface area contributed by atoms with Crippen LogP contribution in [0.3, 0.4) is 0 Å². The largest absolute Gasteiger partial charge is 0.416 e. The van der Waals surface area contributed by atoms with E-state index in [1.54, 1.807) is 43.3 Å². The Hall–Kier alpha value is -3.88. The third kappa shape index (κ3) is 7.98. The van der Waals surface area contributed by atoms with E-state index in [9.17, 15) is 31.6 Å². The van der Waals surface area contributed by atoms with Crippen molar-refractivity contribution in [1.29, 1.82) is 5.26 Å². The van der Waals surface area contributed by atoms with E-state index in [1.807, 2.05) is 19.1 Å². The van der Waals surface area contributed by atoms with Crippen molar-refractivity contribution in [2.75, 3.05) is 30.4 Å². The van der Waals surface area contributed by atoms with Crippen LogP contribution in [0.25, 0.3) is 0 Å². The monoisotopic (exact) mass is 627 g/mol. The molecular formula is C33H36F3N3O4S. The first kappa shape index (κ1) is 33.0. The first-order chi connectivity index (χ1) is 21.0. The number of halogens is 3. The topological polar surface area (TPSA) is 99.5 Å². The summed E-state index contributed by atoms with van der Waals surface area (Å²) in [5, 5.41) is 12.2. The molecule has 1 aliphatic rings. The van der Waals surface area contributed by atoms with Gasteiger partial charge in [0.05, 0.1) is 47.4 Å². The quantitative estimate of drug-likeness (QED) is 0.255. The number of nitriles is 1. The summed E-state index contributed by atoms with van der Waals surface area (Å²) in [6.07, 6.45) is -2.78. The minimum absolute atomic E-state index is 0.00191. The minimum Gasteiger partial charge on any atom is -0.380 e. The van der Waals surface area contributed by atoms with Gasteiger partial charge in [0, 0.05) is 30.3 Å². The Morgan fingerprint density at radius 3 is 2.25 bits per heavy atom. The first-order valence-electron chi connectivity index (χ1n) is 14.6. The fraction of sp³-hybridized carbons (Fsp3) is 0.394. The fourth-order valence-corrected chi connectivity index (χ4v) is 6.33. The van der Waals surface area contributed by atoms with Crippen LogP contribution in [0.2, 0.25) is 0 Å². The molecule has 3 atom stereocenters. The fourth-order valence-electron chi connectivity index (χ4n) is 5.45. The molecule has 44 heavy (non-hydrogen) atoms. The number of ether oxygens (including phenoxy) is 1. The zero-order valence-corrected chi connectivity index (χ0v) is 25.5. The van der Waals surface area contributed by atoms with Gasteiger partial charge in [-0.2, -0.15) is 18.4 Å². The van der Waals surface area contributed by atoms with Crippen LogP contribution in [0.1, 0.15) is 72.1 Å². The van der Waals surface area contributed by atoms with Crippen LogP contribution in [0.4, 0.5) is 18.9 Å². The molecule has 1 aliphatic heterocycles. The summed E-state index contributed by atoms with van der Waals surface area (Å²) < 4.78 is 69.3. The number of rotatable bonds is 11. The number of nitrogens with one attached hydrogen (secondary N) is 1. The molecule has 1 saturated heterocycles. The maximum absolute atomic E-state index is 13.2. The highest BCUT2D eigenvalue weighted by Gasteiger charge is 2.32. The molecule has 11 heteroatoms. The van der Waals surface area contributed by atoms with Gasteiger partial charge < -0.3 is 15.0 Å². The molecule has 0 aromatic heterocycles. The summed E-state index contributed by atoms with van der Waals surface area (Å²) >= 11 is 0. The van der Waals surface area contributed by atoms with Crippen LogP contribution in [-0.2, 0) is 20.8 Å². The lowest BCUT2D eigenvalue weighted by Crippen LogP contribution is -2.45. The number of nitrogens with zero attached hydrogens (tertiary/aromatic N) is 2. The number of benzene rings is 3. The van der Waals surface area contributed by atoms with Crippen molar-refractivity contribution in [1.82, 2.24) is 5.32 Å². The Morgan fingerprint density at radius 1 is 1.02 bits per heavy atom. The van der Waals surface area contributed by atoms with Gasteiger partial charge in [0.1, 0.15) is 0 Å². The van der Waals surface area contributed by atoms with Crippen LogP contribution in [0.15, 0.2) is 77.7 Å². The molecule has 4 rings (SSSR count). The molecule has 1 heterocycles. The van der Waals surface area contributed by atoms with E-state index in [-0.39, 0.29) is 34.9 Å². The molecule has 7 nitrogen and oxygen atoms in total. The standard InChI is InChI=1S/C33H36F3N3O4S/c1-3-43-22-29-16-9-26(23-5-12-27(13-6-23)33(34,35)36)21-39(29)28-14-7-25(8-15-28)32(40)38-31(19-20-37)24-10-17-30(18-11-24)44(41,42)4-2/h5-8,10-15,17-18,26,29,31H,3-4,9,16,19,21-22H2,1-2H3,(H,38,40)/t26-,29-,31+/m0/s1. The van der Waals surface area contributed by atoms with Gasteiger partial charge in [0.25, 0.3) is 5.91 Å². The number of piperidine rings is 1. The van der Waals surface area contributed by atoms with E-state index < -0.39 is 27.6 Å². The van der Waals surface area contributed by atoms with Crippen molar-refractivity contribution in [3.05, 3.63) is 95.1 Å². The predicted octanol–water partition coefficient (Wildman–Crippen LogP) is 6.67. The molecule has 0 unspecified atom stereocenters. The molecule has 3 aromatic rings. The van der Waals surface area contributed by atoms with Crippen molar-refractivity contribution >= 4 is 21.4 Å². The van der Waals surface area contributed by atoms with E-state index in [2.05, 4.69) is 16.3 Å². The maximum Gasteiger partial charge on any atom is 0.416 e. The molecule has 1 fully saturated rings. The van der Waals surface area contributed by atoms with Gasteiger partial charge >= 0.3 is 6.18 Å².